The summed E-state index contributed by atoms with van der Waals surface area (Å²) in [5.74, 6) is 0. The molecule has 0 atom stereocenters. The molecule has 0 fully saturated rings. The van der Waals surface area contributed by atoms with E-state index in [9.17, 15) is 0 Å². The third-order valence-electron chi connectivity index (χ3n) is 12.9. The zero-order valence-corrected chi connectivity index (χ0v) is 31.6. The van der Waals surface area contributed by atoms with Gasteiger partial charge in [0.2, 0.25) is 0 Å². The van der Waals surface area contributed by atoms with E-state index in [0.29, 0.717) is 0 Å². The molecule has 0 aliphatic rings. The molecule has 0 unspecified atom stereocenters. The van der Waals surface area contributed by atoms with E-state index in [2.05, 4.69) is 206 Å². The van der Waals surface area contributed by atoms with Crippen LogP contribution in [-0.4, -0.2) is 0 Å². The Bertz CT molecular complexity index is 3730. The molecular formula is C58H34. The minimum Gasteiger partial charge on any atom is -0.0622 e. The molecule has 13 aromatic carbocycles. The second-order valence-electron chi connectivity index (χ2n) is 15.9. The molecule has 0 spiro atoms. The molecule has 0 nitrogen and oxygen atoms in total. The second-order valence-corrected chi connectivity index (χ2v) is 15.9. The molecule has 13 aromatic rings. The van der Waals surface area contributed by atoms with Crippen molar-refractivity contribution in [3.8, 4) is 44.5 Å². The standard InChI is InChI=1S/C58H34/c1-5-17-36(18-6-1)52-50-34-49-48(58(50)55(39-23-11-4-12-24-39)54(38-21-9-3-10-22-38)53(52)37-19-7-2-8-20-37)33-47-44-31-40-25-13-14-28-41(40)45(44)32-46-42-29-15-26-35-27-16-30-43(51(35)42)56(49)57(46)47/h1-34H. The van der Waals surface area contributed by atoms with E-state index in [1.54, 1.807) is 0 Å². The molecule has 0 heterocycles. The van der Waals surface area contributed by atoms with Gasteiger partial charge in [0.15, 0.2) is 0 Å². The third kappa shape index (κ3) is 4.29. The lowest BCUT2D eigenvalue weighted by molar-refractivity contribution is 1.58. The zero-order valence-electron chi connectivity index (χ0n) is 31.6. The average Bonchev–Trinajstić information content (AvgIpc) is 3.87. The Labute approximate surface area is 335 Å². The lowest BCUT2D eigenvalue weighted by atomic mass is 9.79. The van der Waals surface area contributed by atoms with Gasteiger partial charge >= 0.3 is 0 Å². The van der Waals surface area contributed by atoms with Crippen LogP contribution in [0.3, 0.4) is 0 Å². The topological polar surface area (TPSA) is 0 Å². The summed E-state index contributed by atoms with van der Waals surface area (Å²) in [7, 11) is 0. The van der Waals surface area contributed by atoms with Crippen LogP contribution in [-0.2, 0) is 0 Å². The van der Waals surface area contributed by atoms with Crippen molar-refractivity contribution in [3.63, 3.8) is 0 Å². The van der Waals surface area contributed by atoms with Crippen molar-refractivity contribution in [1.29, 1.82) is 0 Å². The maximum atomic E-state index is 2.56. The summed E-state index contributed by atoms with van der Waals surface area (Å²) in [6, 6.07) is 77.1. The number of fused-ring (bicyclic) bond motifs is 10. The van der Waals surface area contributed by atoms with Crippen LogP contribution in [0.25, 0.3) is 131 Å². The number of benzene rings is 11. The average molecular weight is 731 g/mol. The Hall–Kier alpha value is -7.54. The van der Waals surface area contributed by atoms with Crippen molar-refractivity contribution in [2.24, 2.45) is 0 Å². The SMILES string of the molecule is c1ccc(-c2c(-c3ccccc3)c(-c3ccccc3)c3c(cc4c3cc3c5cc6ccccc6c5cc5c6cccc7cccc(c76)c4c35)c2-c2ccccc2)cc1. The van der Waals surface area contributed by atoms with Gasteiger partial charge in [-0.25, -0.2) is 0 Å². The summed E-state index contributed by atoms with van der Waals surface area (Å²) >= 11 is 0. The van der Waals surface area contributed by atoms with Gasteiger partial charge in [0.05, 0.1) is 0 Å². The monoisotopic (exact) mass is 730 g/mol. The predicted molar refractivity (Wildman–Crippen MR) is 251 cm³/mol. The summed E-state index contributed by atoms with van der Waals surface area (Å²) in [5.41, 5.74) is 9.92. The minimum atomic E-state index is 1.21. The van der Waals surface area contributed by atoms with E-state index < -0.39 is 0 Å². The van der Waals surface area contributed by atoms with Crippen molar-refractivity contribution < 1.29 is 0 Å². The molecule has 0 saturated carbocycles. The first-order valence-corrected chi connectivity index (χ1v) is 20.3. The first-order chi connectivity index (χ1) is 28.8. The van der Waals surface area contributed by atoms with Crippen LogP contribution >= 0.6 is 0 Å². The van der Waals surface area contributed by atoms with Crippen molar-refractivity contribution in [3.05, 3.63) is 206 Å². The van der Waals surface area contributed by atoms with Crippen LogP contribution < -0.4 is 0 Å². The quantitative estimate of drug-likeness (QED) is 0.125. The molecule has 0 N–H and O–H groups in total. The third-order valence-corrected chi connectivity index (χ3v) is 12.9. The molecule has 0 amide bonds. The van der Waals surface area contributed by atoms with Crippen LogP contribution in [0.15, 0.2) is 206 Å². The fourth-order valence-electron chi connectivity index (χ4n) is 10.6. The maximum absolute atomic E-state index is 2.56. The maximum Gasteiger partial charge on any atom is -0.00132 e. The van der Waals surface area contributed by atoms with Gasteiger partial charge in [0.1, 0.15) is 0 Å². The summed E-state index contributed by atoms with van der Waals surface area (Å²) in [5, 5.41) is 21.0. The van der Waals surface area contributed by atoms with E-state index in [4.69, 9.17) is 0 Å². The lowest BCUT2D eigenvalue weighted by Crippen LogP contribution is -1.96. The van der Waals surface area contributed by atoms with Gasteiger partial charge in [0.25, 0.3) is 0 Å². The van der Waals surface area contributed by atoms with Crippen molar-refractivity contribution in [2.45, 2.75) is 0 Å². The van der Waals surface area contributed by atoms with Gasteiger partial charge in [-0.05, 0) is 155 Å². The molecular weight excluding hydrogens is 697 g/mol. The molecule has 0 aromatic heterocycles. The Morgan fingerprint density at radius 2 is 0.569 bits per heavy atom. The smallest absolute Gasteiger partial charge is 0.00132 e. The molecule has 0 heteroatoms. The summed E-state index contributed by atoms with van der Waals surface area (Å²) in [4.78, 5) is 0. The highest BCUT2D eigenvalue weighted by atomic mass is 14.3. The van der Waals surface area contributed by atoms with Gasteiger partial charge in [0, 0.05) is 0 Å². The van der Waals surface area contributed by atoms with E-state index in [0.717, 1.165) is 0 Å². The Kier molecular flexibility index (Phi) is 6.54. The summed E-state index contributed by atoms with van der Waals surface area (Å²) in [6.07, 6.45) is 0. The van der Waals surface area contributed by atoms with Gasteiger partial charge in [-0.1, -0.05) is 182 Å². The van der Waals surface area contributed by atoms with Gasteiger partial charge in [-0.3, -0.25) is 0 Å². The van der Waals surface area contributed by atoms with Crippen LogP contribution in [0.4, 0.5) is 0 Å². The fraction of sp³-hybridized carbons (Fsp3) is 0. The van der Waals surface area contributed by atoms with Gasteiger partial charge < -0.3 is 0 Å². The second kappa shape index (κ2) is 12.0. The molecule has 0 radical (unpaired) electrons. The van der Waals surface area contributed by atoms with E-state index in [1.165, 1.54) is 131 Å². The Morgan fingerprint density at radius 1 is 0.172 bits per heavy atom. The van der Waals surface area contributed by atoms with E-state index in [-0.39, 0.29) is 0 Å². The molecule has 13 rings (SSSR count). The van der Waals surface area contributed by atoms with Gasteiger partial charge in [-0.15, -0.1) is 0 Å². The highest BCUT2D eigenvalue weighted by Gasteiger charge is 2.28. The Morgan fingerprint density at radius 3 is 1.22 bits per heavy atom. The van der Waals surface area contributed by atoms with Gasteiger partial charge in [-0.2, -0.15) is 0 Å². The van der Waals surface area contributed by atoms with Crippen molar-refractivity contribution >= 4 is 86.2 Å². The largest absolute Gasteiger partial charge is 0.0622 e. The molecule has 0 saturated heterocycles. The number of hydrogen-bond donors (Lipinski definition) is 0. The first-order valence-electron chi connectivity index (χ1n) is 20.3. The summed E-state index contributed by atoms with van der Waals surface area (Å²) < 4.78 is 0. The van der Waals surface area contributed by atoms with Crippen LogP contribution in [0.5, 0.6) is 0 Å². The Balaban J connectivity index is 1.38. The lowest BCUT2D eigenvalue weighted by Gasteiger charge is -2.23. The highest BCUT2D eigenvalue weighted by Crippen LogP contribution is 2.56. The fourth-order valence-corrected chi connectivity index (χ4v) is 10.6. The molecule has 58 heavy (non-hydrogen) atoms. The molecule has 0 bridgehead atoms. The van der Waals surface area contributed by atoms with Crippen LogP contribution in [0.1, 0.15) is 0 Å². The van der Waals surface area contributed by atoms with E-state index >= 15 is 0 Å². The van der Waals surface area contributed by atoms with Crippen LogP contribution in [0, 0.1) is 0 Å². The minimum absolute atomic E-state index is 1.21. The first kappa shape index (κ1) is 31.6. The number of rotatable bonds is 4. The van der Waals surface area contributed by atoms with E-state index in [1.807, 2.05) is 0 Å². The summed E-state index contributed by atoms with van der Waals surface area (Å²) in [6.45, 7) is 0. The van der Waals surface area contributed by atoms with Crippen molar-refractivity contribution in [1.82, 2.24) is 0 Å². The highest BCUT2D eigenvalue weighted by molar-refractivity contribution is 6.45. The number of hydrogen-bond acceptors (Lipinski definition) is 0. The molecule has 266 valence electrons. The normalized spacial score (nSPS) is 12.1. The van der Waals surface area contributed by atoms with Crippen molar-refractivity contribution in [2.75, 3.05) is 0 Å². The molecule has 0 aliphatic heterocycles. The molecule has 0 aliphatic carbocycles. The zero-order chi connectivity index (χ0) is 37.9. The van der Waals surface area contributed by atoms with Crippen LogP contribution in [0.2, 0.25) is 0 Å². The predicted octanol–water partition coefficient (Wildman–Crippen LogP) is 16.5.